The molecule has 6 nitrogen and oxygen atoms in total. The van der Waals surface area contributed by atoms with Gasteiger partial charge in [-0.25, -0.2) is 0 Å². The number of nitrogens with zero attached hydrogens (tertiary/aromatic N) is 4. The number of aromatic nitrogens is 2. The van der Waals surface area contributed by atoms with E-state index in [0.717, 1.165) is 37.5 Å². The van der Waals surface area contributed by atoms with Gasteiger partial charge in [0.2, 0.25) is 17.6 Å². The summed E-state index contributed by atoms with van der Waals surface area (Å²) in [5.74, 6) is 1.43. The monoisotopic (exact) mass is 320 g/mol. The van der Waals surface area contributed by atoms with Crippen LogP contribution in [0.2, 0.25) is 0 Å². The van der Waals surface area contributed by atoms with Gasteiger partial charge in [-0.05, 0) is 24.8 Å². The number of rotatable bonds is 3. The molecule has 1 fully saturated rings. The summed E-state index contributed by atoms with van der Waals surface area (Å²) >= 11 is 1.60. The molecule has 0 bridgehead atoms. The summed E-state index contributed by atoms with van der Waals surface area (Å²) in [7, 11) is 0. The van der Waals surface area contributed by atoms with Gasteiger partial charge in [0.25, 0.3) is 0 Å². The van der Waals surface area contributed by atoms with Gasteiger partial charge in [0.1, 0.15) is 0 Å². The van der Waals surface area contributed by atoms with E-state index in [-0.39, 0.29) is 11.9 Å². The summed E-state index contributed by atoms with van der Waals surface area (Å²) in [5, 5.41) is 6.07. The van der Waals surface area contributed by atoms with E-state index < -0.39 is 0 Å². The Kier molecular flexibility index (Phi) is 4.54. The van der Waals surface area contributed by atoms with Gasteiger partial charge in [-0.1, -0.05) is 11.2 Å². The second-order valence-electron chi connectivity index (χ2n) is 5.51. The van der Waals surface area contributed by atoms with Gasteiger partial charge in [-0.3, -0.25) is 9.69 Å². The zero-order valence-corrected chi connectivity index (χ0v) is 13.7. The summed E-state index contributed by atoms with van der Waals surface area (Å²) in [4.78, 5) is 21.2. The standard InChI is InChI=1S/C15H20N4O2S/c1-11(18-6-4-7-19(9-8-18)12(2)20)15-16-14(17-21-15)13-5-3-10-22-13/h3,5,10-11H,4,6-9H2,1-2H3/t11-/m0/s1. The molecular weight excluding hydrogens is 300 g/mol. The Morgan fingerprint density at radius 3 is 2.95 bits per heavy atom. The van der Waals surface area contributed by atoms with Gasteiger partial charge in [0, 0.05) is 33.1 Å². The lowest BCUT2D eigenvalue weighted by molar-refractivity contribution is -0.128. The molecule has 7 heteroatoms. The van der Waals surface area contributed by atoms with Crippen molar-refractivity contribution in [1.82, 2.24) is 19.9 Å². The summed E-state index contributed by atoms with van der Waals surface area (Å²) in [5.41, 5.74) is 0. The van der Waals surface area contributed by atoms with Crippen LogP contribution in [0.5, 0.6) is 0 Å². The number of hydrogen-bond acceptors (Lipinski definition) is 6. The molecule has 3 rings (SSSR count). The molecule has 22 heavy (non-hydrogen) atoms. The molecule has 0 aliphatic carbocycles. The molecule has 1 amide bonds. The van der Waals surface area contributed by atoms with E-state index in [1.54, 1.807) is 18.3 Å². The number of hydrogen-bond donors (Lipinski definition) is 0. The molecule has 0 saturated carbocycles. The number of thiophene rings is 1. The van der Waals surface area contributed by atoms with Crippen LogP contribution < -0.4 is 0 Å². The predicted octanol–water partition coefficient (Wildman–Crippen LogP) is 2.41. The fraction of sp³-hybridized carbons (Fsp3) is 0.533. The summed E-state index contributed by atoms with van der Waals surface area (Å²) in [6.07, 6.45) is 0.968. The van der Waals surface area contributed by atoms with Crippen molar-refractivity contribution in [3.05, 3.63) is 23.4 Å². The van der Waals surface area contributed by atoms with E-state index in [1.165, 1.54) is 0 Å². The third kappa shape index (κ3) is 3.20. The highest BCUT2D eigenvalue weighted by Gasteiger charge is 2.25. The molecule has 1 aliphatic heterocycles. The van der Waals surface area contributed by atoms with Crippen LogP contribution in [0.15, 0.2) is 22.0 Å². The van der Waals surface area contributed by atoms with Gasteiger partial charge in [-0.15, -0.1) is 11.3 Å². The van der Waals surface area contributed by atoms with Crippen molar-refractivity contribution in [1.29, 1.82) is 0 Å². The smallest absolute Gasteiger partial charge is 0.244 e. The Hall–Kier alpha value is -1.73. The van der Waals surface area contributed by atoms with Crippen molar-refractivity contribution in [3.8, 4) is 10.7 Å². The van der Waals surface area contributed by atoms with Crippen LogP contribution in [0.3, 0.4) is 0 Å². The second-order valence-corrected chi connectivity index (χ2v) is 6.45. The first-order valence-corrected chi connectivity index (χ1v) is 8.40. The van der Waals surface area contributed by atoms with E-state index in [4.69, 9.17) is 4.52 Å². The quantitative estimate of drug-likeness (QED) is 0.869. The Morgan fingerprint density at radius 2 is 2.23 bits per heavy atom. The van der Waals surface area contributed by atoms with Crippen LogP contribution in [0, 0.1) is 0 Å². The van der Waals surface area contributed by atoms with Crippen molar-refractivity contribution < 1.29 is 9.32 Å². The summed E-state index contributed by atoms with van der Waals surface area (Å²) in [6.45, 7) is 7.05. The van der Waals surface area contributed by atoms with Gasteiger partial charge < -0.3 is 9.42 Å². The SMILES string of the molecule is CC(=O)N1CCCN([C@@H](C)c2nc(-c3cccs3)no2)CC1. The Labute approximate surface area is 133 Å². The van der Waals surface area contributed by atoms with Crippen molar-refractivity contribution >= 4 is 17.2 Å². The van der Waals surface area contributed by atoms with E-state index >= 15 is 0 Å². The first-order chi connectivity index (χ1) is 10.6. The van der Waals surface area contributed by atoms with Crippen LogP contribution in [0.4, 0.5) is 0 Å². The molecule has 2 aromatic heterocycles. The zero-order valence-electron chi connectivity index (χ0n) is 12.9. The predicted molar refractivity (Wildman–Crippen MR) is 84.5 cm³/mol. The Bertz CT molecular complexity index is 625. The number of amides is 1. The van der Waals surface area contributed by atoms with Crippen LogP contribution in [0.25, 0.3) is 10.7 Å². The highest BCUT2D eigenvalue weighted by Crippen LogP contribution is 2.25. The molecule has 0 N–H and O–H groups in total. The highest BCUT2D eigenvalue weighted by atomic mass is 32.1. The minimum Gasteiger partial charge on any atom is -0.342 e. The Morgan fingerprint density at radius 1 is 1.36 bits per heavy atom. The molecule has 3 heterocycles. The van der Waals surface area contributed by atoms with Crippen molar-refractivity contribution in [2.24, 2.45) is 0 Å². The average molecular weight is 320 g/mol. The summed E-state index contributed by atoms with van der Waals surface area (Å²) in [6, 6.07) is 4.03. The molecule has 0 aromatic carbocycles. The maximum absolute atomic E-state index is 11.5. The van der Waals surface area contributed by atoms with Gasteiger partial charge in [-0.2, -0.15) is 4.98 Å². The van der Waals surface area contributed by atoms with Crippen LogP contribution in [-0.2, 0) is 4.79 Å². The first-order valence-electron chi connectivity index (χ1n) is 7.52. The second kappa shape index (κ2) is 6.58. The molecule has 0 radical (unpaired) electrons. The largest absolute Gasteiger partial charge is 0.342 e. The highest BCUT2D eigenvalue weighted by molar-refractivity contribution is 7.13. The molecule has 118 valence electrons. The van der Waals surface area contributed by atoms with Crippen LogP contribution in [-0.4, -0.2) is 52.0 Å². The number of carbonyl (C=O) groups excluding carboxylic acids is 1. The molecule has 0 spiro atoms. The maximum atomic E-state index is 11.5. The molecule has 0 unspecified atom stereocenters. The molecule has 1 atom stereocenters. The first kappa shape index (κ1) is 15.2. The Balaban J connectivity index is 1.68. The lowest BCUT2D eigenvalue weighted by Crippen LogP contribution is -2.34. The molecule has 2 aromatic rings. The number of carbonyl (C=O) groups is 1. The fourth-order valence-electron chi connectivity index (χ4n) is 2.71. The fourth-order valence-corrected chi connectivity index (χ4v) is 3.36. The zero-order chi connectivity index (χ0) is 15.5. The van der Waals surface area contributed by atoms with E-state index in [1.807, 2.05) is 22.4 Å². The van der Waals surface area contributed by atoms with Crippen molar-refractivity contribution in [2.75, 3.05) is 26.2 Å². The topological polar surface area (TPSA) is 62.5 Å². The third-order valence-corrected chi connectivity index (χ3v) is 4.93. The van der Waals surface area contributed by atoms with Crippen molar-refractivity contribution in [3.63, 3.8) is 0 Å². The third-order valence-electron chi connectivity index (χ3n) is 4.06. The van der Waals surface area contributed by atoms with Crippen LogP contribution in [0.1, 0.15) is 32.2 Å². The minimum absolute atomic E-state index is 0.0631. The lowest BCUT2D eigenvalue weighted by Gasteiger charge is -2.24. The van der Waals surface area contributed by atoms with E-state index in [9.17, 15) is 4.79 Å². The maximum Gasteiger partial charge on any atom is 0.244 e. The minimum atomic E-state index is 0.0631. The normalized spacial score (nSPS) is 18.2. The van der Waals surface area contributed by atoms with Gasteiger partial charge in [0.15, 0.2) is 0 Å². The van der Waals surface area contributed by atoms with E-state index in [0.29, 0.717) is 11.7 Å². The lowest BCUT2D eigenvalue weighted by atomic mass is 10.2. The summed E-state index contributed by atoms with van der Waals surface area (Å²) < 4.78 is 5.44. The van der Waals surface area contributed by atoms with Gasteiger partial charge >= 0.3 is 0 Å². The molecule has 1 saturated heterocycles. The van der Waals surface area contributed by atoms with Crippen molar-refractivity contribution in [2.45, 2.75) is 26.3 Å². The average Bonchev–Trinajstić information content (AvgIpc) is 3.12. The van der Waals surface area contributed by atoms with Gasteiger partial charge in [0.05, 0.1) is 10.9 Å². The van der Waals surface area contributed by atoms with Crippen LogP contribution >= 0.6 is 11.3 Å². The molecule has 1 aliphatic rings. The molecular formula is C15H20N4O2S. The van der Waals surface area contributed by atoms with E-state index in [2.05, 4.69) is 22.0 Å².